The van der Waals surface area contributed by atoms with Crippen molar-refractivity contribution in [2.75, 3.05) is 32.0 Å². The minimum absolute atomic E-state index is 0.123. The highest BCUT2D eigenvalue weighted by molar-refractivity contribution is 6.06. The van der Waals surface area contributed by atoms with Crippen LogP contribution in [0.1, 0.15) is 63.6 Å². The first-order valence-electron chi connectivity index (χ1n) is 13.4. The third-order valence-corrected chi connectivity index (χ3v) is 9.20. The van der Waals surface area contributed by atoms with E-state index in [0.717, 1.165) is 25.6 Å². The minimum Gasteiger partial charge on any atom is -0.331 e. The zero-order chi connectivity index (χ0) is 26.8. The second-order valence-electron chi connectivity index (χ2n) is 11.4. The molecular formula is C30H33FN6O. The van der Waals surface area contributed by atoms with Crippen molar-refractivity contribution in [3.05, 3.63) is 58.3 Å². The summed E-state index contributed by atoms with van der Waals surface area (Å²) in [6.07, 6.45) is 13.0. The molecule has 1 amide bonds. The third-order valence-electron chi connectivity index (χ3n) is 9.20. The maximum Gasteiger partial charge on any atom is 0.255 e. The van der Waals surface area contributed by atoms with Crippen molar-refractivity contribution in [2.45, 2.75) is 57.9 Å². The number of nitrogens with zero attached hydrogens (tertiary/aromatic N) is 5. The van der Waals surface area contributed by atoms with Gasteiger partial charge in [-0.3, -0.25) is 4.79 Å². The molecule has 8 heteroatoms. The van der Waals surface area contributed by atoms with Crippen molar-refractivity contribution in [3.8, 4) is 12.3 Å². The number of hydrogen-bond acceptors (Lipinski definition) is 6. The molecule has 2 aromatic heterocycles. The first-order chi connectivity index (χ1) is 18.2. The van der Waals surface area contributed by atoms with E-state index in [9.17, 15) is 9.18 Å². The summed E-state index contributed by atoms with van der Waals surface area (Å²) in [7, 11) is 1.78. The van der Waals surface area contributed by atoms with Crippen LogP contribution in [0.4, 0.5) is 16.2 Å². The van der Waals surface area contributed by atoms with Crippen molar-refractivity contribution < 1.29 is 9.18 Å². The van der Waals surface area contributed by atoms with Crippen LogP contribution in [0.2, 0.25) is 0 Å². The molecule has 196 valence electrons. The Labute approximate surface area is 223 Å². The zero-order valence-electron chi connectivity index (χ0n) is 22.4. The molecule has 4 heterocycles. The standard InChI is InChI=1S/C30H33FN6O/c1-6-22-25(27(38)36(5)30(22)10-11-30)18(3)19(4)26-23(31)15-33-28(35-26)34-24-9-8-20(14-32-24)21-12-29(13-21)16-37(7-2)17-29/h1,8-9,14-15,21H,7,10-13,16-17H2,2-5H3,(H,32,33,34,35)/b19-18+. The smallest absolute Gasteiger partial charge is 0.255 e. The molecule has 1 N–H and O–H groups in total. The van der Waals surface area contributed by atoms with E-state index in [1.54, 1.807) is 25.8 Å². The monoisotopic (exact) mass is 512 g/mol. The number of likely N-dealkylation sites (tertiary alicyclic amines) is 1. The Morgan fingerprint density at radius 1 is 1.18 bits per heavy atom. The number of carbonyl (C=O) groups is 1. The summed E-state index contributed by atoms with van der Waals surface area (Å²) in [6, 6.07) is 4.03. The molecule has 1 saturated heterocycles. The number of hydrogen-bond donors (Lipinski definition) is 1. The van der Waals surface area contributed by atoms with Crippen LogP contribution < -0.4 is 5.32 Å². The fraction of sp³-hybridized carbons (Fsp3) is 0.467. The molecule has 3 fully saturated rings. The summed E-state index contributed by atoms with van der Waals surface area (Å²) in [5.74, 6) is 3.46. The highest BCUT2D eigenvalue weighted by Crippen LogP contribution is 2.56. The number of likely N-dealkylation sites (N-methyl/N-ethyl adjacent to an activating group) is 1. The van der Waals surface area contributed by atoms with Gasteiger partial charge in [0.15, 0.2) is 5.82 Å². The van der Waals surface area contributed by atoms with Crippen LogP contribution >= 0.6 is 0 Å². The molecule has 38 heavy (non-hydrogen) atoms. The Balaban J connectivity index is 1.20. The zero-order valence-corrected chi connectivity index (χ0v) is 22.4. The van der Waals surface area contributed by atoms with E-state index >= 15 is 0 Å². The molecule has 2 aromatic rings. The Morgan fingerprint density at radius 3 is 2.53 bits per heavy atom. The van der Waals surface area contributed by atoms with E-state index in [1.165, 1.54) is 31.5 Å². The maximum atomic E-state index is 14.9. The van der Waals surface area contributed by atoms with Gasteiger partial charge in [0.05, 0.1) is 17.3 Å². The molecule has 4 aliphatic rings. The lowest BCUT2D eigenvalue weighted by Crippen LogP contribution is -2.61. The molecular weight excluding hydrogens is 479 g/mol. The largest absolute Gasteiger partial charge is 0.331 e. The third kappa shape index (κ3) is 3.75. The molecule has 6 rings (SSSR count). The number of amides is 1. The van der Waals surface area contributed by atoms with Crippen molar-refractivity contribution in [1.29, 1.82) is 0 Å². The second kappa shape index (κ2) is 8.74. The van der Waals surface area contributed by atoms with Crippen LogP contribution in [-0.2, 0) is 4.79 Å². The Bertz CT molecular complexity index is 1420. The number of aromatic nitrogens is 3. The number of anilines is 2. The topological polar surface area (TPSA) is 74.2 Å². The second-order valence-corrected chi connectivity index (χ2v) is 11.4. The molecule has 0 unspecified atom stereocenters. The van der Waals surface area contributed by atoms with Gasteiger partial charge < -0.3 is 15.1 Å². The SMILES string of the molecule is C#CC1=C(/C(C)=C(\C)c2nc(Nc3ccc(C4CC5(C4)CN(CC)C5)cn3)ncc2F)C(=O)N(C)C12CC2. The Kier molecular flexibility index (Phi) is 5.69. The van der Waals surface area contributed by atoms with Gasteiger partial charge in [-0.25, -0.2) is 19.3 Å². The normalized spacial score (nSPS) is 22.3. The number of pyridine rings is 1. The maximum absolute atomic E-state index is 14.9. The Morgan fingerprint density at radius 2 is 1.92 bits per heavy atom. The molecule has 2 saturated carbocycles. The predicted molar refractivity (Wildman–Crippen MR) is 145 cm³/mol. The van der Waals surface area contributed by atoms with Crippen LogP contribution in [0.5, 0.6) is 0 Å². The number of carbonyl (C=O) groups excluding carboxylic acids is 1. The fourth-order valence-corrected chi connectivity index (χ4v) is 6.62. The van der Waals surface area contributed by atoms with E-state index < -0.39 is 5.82 Å². The van der Waals surface area contributed by atoms with E-state index in [0.29, 0.717) is 39.4 Å². The summed E-state index contributed by atoms with van der Waals surface area (Å²) in [5.41, 5.74) is 3.90. The summed E-state index contributed by atoms with van der Waals surface area (Å²) >= 11 is 0. The first kappa shape index (κ1) is 24.7. The molecule has 0 radical (unpaired) electrons. The summed E-state index contributed by atoms with van der Waals surface area (Å²) < 4.78 is 14.9. The van der Waals surface area contributed by atoms with Gasteiger partial charge in [0, 0.05) is 31.9 Å². The molecule has 0 aromatic carbocycles. The van der Waals surface area contributed by atoms with Gasteiger partial charge in [-0.1, -0.05) is 18.9 Å². The average molecular weight is 513 g/mol. The van der Waals surface area contributed by atoms with Gasteiger partial charge in [-0.15, -0.1) is 6.42 Å². The van der Waals surface area contributed by atoms with E-state index in [2.05, 4.69) is 44.1 Å². The minimum atomic E-state index is -0.560. The molecule has 2 aliphatic heterocycles. The van der Waals surface area contributed by atoms with Crippen molar-refractivity contribution in [3.63, 3.8) is 0 Å². The Hall–Kier alpha value is -3.57. The molecule has 2 spiro atoms. The van der Waals surface area contributed by atoms with Gasteiger partial charge in [0.25, 0.3) is 5.91 Å². The number of allylic oxidation sites excluding steroid dienone is 1. The lowest BCUT2D eigenvalue weighted by atomic mass is 9.56. The van der Waals surface area contributed by atoms with Gasteiger partial charge in [0.1, 0.15) is 11.5 Å². The van der Waals surface area contributed by atoms with E-state index in [-0.39, 0.29) is 23.1 Å². The van der Waals surface area contributed by atoms with E-state index in [4.69, 9.17) is 6.42 Å². The summed E-state index contributed by atoms with van der Waals surface area (Å²) in [4.78, 5) is 30.4. The average Bonchev–Trinajstić information content (AvgIpc) is 3.64. The number of rotatable bonds is 6. The molecule has 0 bridgehead atoms. The molecule has 2 aliphatic carbocycles. The summed E-state index contributed by atoms with van der Waals surface area (Å²) in [6.45, 7) is 9.36. The van der Waals surface area contributed by atoms with Crippen LogP contribution in [0.25, 0.3) is 5.57 Å². The van der Waals surface area contributed by atoms with Crippen LogP contribution in [-0.4, -0.2) is 62.9 Å². The predicted octanol–water partition coefficient (Wildman–Crippen LogP) is 4.68. The van der Waals surface area contributed by atoms with Gasteiger partial charge in [-0.05, 0) is 80.2 Å². The highest BCUT2D eigenvalue weighted by atomic mass is 19.1. The highest BCUT2D eigenvalue weighted by Gasteiger charge is 2.57. The fourth-order valence-electron chi connectivity index (χ4n) is 6.62. The van der Waals surface area contributed by atoms with Crippen molar-refractivity contribution >= 4 is 23.2 Å². The molecule has 7 nitrogen and oxygen atoms in total. The van der Waals surface area contributed by atoms with Crippen molar-refractivity contribution in [1.82, 2.24) is 24.8 Å². The summed E-state index contributed by atoms with van der Waals surface area (Å²) in [5, 5.41) is 3.10. The van der Waals surface area contributed by atoms with Crippen molar-refractivity contribution in [2.24, 2.45) is 5.41 Å². The quantitative estimate of drug-likeness (QED) is 0.567. The molecule has 0 atom stereocenters. The lowest BCUT2D eigenvalue weighted by molar-refractivity contribution is -0.125. The number of halogens is 1. The van der Waals surface area contributed by atoms with E-state index in [1.807, 2.05) is 12.3 Å². The van der Waals surface area contributed by atoms with Crippen LogP contribution in [0.3, 0.4) is 0 Å². The number of nitrogens with one attached hydrogen (secondary N) is 1. The number of terminal acetylenes is 1. The van der Waals surface area contributed by atoms with Gasteiger partial charge >= 0.3 is 0 Å². The lowest BCUT2D eigenvalue weighted by Gasteiger charge is -2.59. The van der Waals surface area contributed by atoms with Crippen LogP contribution in [0.15, 0.2) is 41.2 Å². The van der Waals surface area contributed by atoms with Crippen LogP contribution in [0, 0.1) is 23.6 Å². The van der Waals surface area contributed by atoms with Gasteiger partial charge in [0.2, 0.25) is 5.95 Å². The van der Waals surface area contributed by atoms with Gasteiger partial charge in [-0.2, -0.15) is 0 Å². The first-order valence-corrected chi connectivity index (χ1v) is 13.4.